The predicted octanol–water partition coefficient (Wildman–Crippen LogP) is 6.07. The molecule has 0 atom stereocenters. The monoisotopic (exact) mass is 772 g/mol. The number of fused-ring (bicyclic) bond motifs is 5. The largest absolute Gasteiger partial charge is 1.00 e. The Morgan fingerprint density at radius 3 is 1.58 bits per heavy atom. The summed E-state index contributed by atoms with van der Waals surface area (Å²) in [5.74, 6) is 0. The molecule has 5 aromatic rings. The Bertz CT molecular complexity index is 1870. The fourth-order valence-corrected chi connectivity index (χ4v) is 7.92. The van der Waals surface area contributed by atoms with E-state index in [9.17, 15) is 0 Å². The van der Waals surface area contributed by atoms with Crippen molar-refractivity contribution in [1.29, 1.82) is 0 Å². The molecule has 0 radical (unpaired) electrons. The molecule has 0 unspecified atom stereocenters. The zero-order chi connectivity index (χ0) is 34.2. The van der Waals surface area contributed by atoms with E-state index < -0.39 is 0 Å². The first kappa shape index (κ1) is 39.7. The van der Waals surface area contributed by atoms with E-state index in [0.717, 1.165) is 12.8 Å². The van der Waals surface area contributed by atoms with Crippen LogP contribution in [0.3, 0.4) is 0 Å². The Kier molecular flexibility index (Phi) is 12.8. The number of benzene rings is 4. The molecule has 0 nitrogen and oxygen atoms in total. The maximum atomic E-state index is 2.51. The molecule has 0 bridgehead atoms. The van der Waals surface area contributed by atoms with E-state index in [1.165, 1.54) is 105 Å². The van der Waals surface area contributed by atoms with Gasteiger partial charge in [0.15, 0.2) is 0 Å². The fourth-order valence-electron chi connectivity index (χ4n) is 7.10. The van der Waals surface area contributed by atoms with E-state index in [1.807, 2.05) is 30.3 Å². The van der Waals surface area contributed by atoms with Crippen molar-refractivity contribution in [3.05, 3.63) is 177 Å². The topological polar surface area (TPSA) is 0 Å². The third-order valence-electron chi connectivity index (χ3n) is 10.3. The first-order valence-corrected chi connectivity index (χ1v) is 18.5. The summed E-state index contributed by atoms with van der Waals surface area (Å²) < 4.78 is 1.42. The van der Waals surface area contributed by atoms with E-state index in [2.05, 4.69) is 147 Å². The summed E-state index contributed by atoms with van der Waals surface area (Å²) in [7, 11) is 0. The average Bonchev–Trinajstić information content (AvgIpc) is 3.77. The number of hydrogen-bond acceptors (Lipinski definition) is 0. The van der Waals surface area contributed by atoms with E-state index >= 15 is 0 Å². The van der Waals surface area contributed by atoms with Crippen molar-refractivity contribution < 1.29 is 49.0 Å². The van der Waals surface area contributed by atoms with Crippen molar-refractivity contribution in [1.82, 2.24) is 0 Å². The molecule has 8 rings (SSSR count). The van der Waals surface area contributed by atoms with Crippen LogP contribution in [0.25, 0.3) is 22.3 Å². The van der Waals surface area contributed by atoms with Crippen LogP contribution in [0.5, 0.6) is 0 Å². The minimum absolute atomic E-state index is 0. The second-order valence-corrected chi connectivity index (χ2v) is 16.3. The smallest absolute Gasteiger partial charge is 0.172 e. The number of allylic oxidation sites excluding steroid dienone is 4. The van der Waals surface area contributed by atoms with Gasteiger partial charge in [-0.05, 0) is 70.2 Å². The van der Waals surface area contributed by atoms with Crippen LogP contribution in [0.15, 0.2) is 115 Å². The second-order valence-electron chi connectivity index (χ2n) is 15.1. The summed E-state index contributed by atoms with van der Waals surface area (Å²) in [6.45, 7) is 18.2. The predicted molar refractivity (Wildman–Crippen MR) is 205 cm³/mol. The average molecular weight is 775 g/mol. The minimum atomic E-state index is 0. The number of rotatable bonds is 2. The van der Waals surface area contributed by atoms with Gasteiger partial charge in [-0.25, -0.2) is 24.6 Å². The van der Waals surface area contributed by atoms with Crippen LogP contribution < -0.4 is 24.8 Å². The van der Waals surface area contributed by atoms with Crippen molar-refractivity contribution in [2.45, 2.75) is 79.1 Å². The quantitative estimate of drug-likeness (QED) is 0.188. The van der Waals surface area contributed by atoms with Gasteiger partial charge in [-0.2, -0.15) is 23.8 Å². The van der Waals surface area contributed by atoms with Crippen molar-refractivity contribution in [3.63, 3.8) is 0 Å². The molecular formula is C47H48Cl2Zr-2. The van der Waals surface area contributed by atoms with Gasteiger partial charge in [0.1, 0.15) is 0 Å². The Morgan fingerprint density at radius 2 is 1.10 bits per heavy atom. The van der Waals surface area contributed by atoms with Crippen LogP contribution >= 0.6 is 0 Å². The maximum Gasteiger partial charge on any atom is -0.172 e. The third-order valence-corrected chi connectivity index (χ3v) is 11.8. The van der Waals surface area contributed by atoms with Gasteiger partial charge in [0.25, 0.3) is 0 Å². The summed E-state index contributed by atoms with van der Waals surface area (Å²) in [5, 5.41) is 0. The van der Waals surface area contributed by atoms with Crippen LogP contribution in [0.2, 0.25) is 0 Å². The second kappa shape index (κ2) is 16.1. The molecule has 0 N–H and O–H groups in total. The zero-order valence-electron chi connectivity index (χ0n) is 30.7. The van der Waals surface area contributed by atoms with Crippen molar-refractivity contribution >= 4 is 14.4 Å². The first-order valence-electron chi connectivity index (χ1n) is 17.3. The molecule has 5 aromatic carbocycles. The summed E-state index contributed by atoms with van der Waals surface area (Å²) in [4.78, 5) is 0. The van der Waals surface area contributed by atoms with Crippen molar-refractivity contribution in [2.75, 3.05) is 0 Å². The molecule has 0 spiro atoms. The molecule has 0 amide bonds. The summed E-state index contributed by atoms with van der Waals surface area (Å²) >= 11 is 1.46. The Hall–Kier alpha value is -3.09. The normalized spacial score (nSPS) is 15.2. The van der Waals surface area contributed by atoms with E-state index in [4.69, 9.17) is 0 Å². The molecule has 0 saturated heterocycles. The van der Waals surface area contributed by atoms with Gasteiger partial charge in [-0.15, -0.1) is 12.5 Å². The van der Waals surface area contributed by atoms with Gasteiger partial charge in [0.05, 0.1) is 0 Å². The number of halogens is 2. The zero-order valence-corrected chi connectivity index (χ0v) is 34.7. The number of hydrogen-bond donors (Lipinski definition) is 0. The van der Waals surface area contributed by atoms with Gasteiger partial charge in [-0.1, -0.05) is 62.9 Å². The summed E-state index contributed by atoms with van der Waals surface area (Å²) in [5.41, 5.74) is 20.3. The minimum Gasteiger partial charge on any atom is -1.00 e. The SMILES string of the molecule is CC1=C[CH-]C(C)(C)c2cc3c(cc21)-c1cc2c(cc1C3)C(C)(C)CC=C2C.Cc1ccc([C](=[Zr+2])c2ccc(C)cc2)cc1.[Cl-].[Cl-].c1cc[cH-]c1. The molecular weight excluding hydrogens is 727 g/mol. The van der Waals surface area contributed by atoms with Crippen molar-refractivity contribution in [3.8, 4) is 11.1 Å². The molecule has 256 valence electrons. The fraction of sp³-hybridized carbons (Fsp3) is 0.255. The van der Waals surface area contributed by atoms with E-state index in [0.29, 0.717) is 0 Å². The first-order chi connectivity index (χ1) is 22.8. The van der Waals surface area contributed by atoms with Gasteiger partial charge in [0.2, 0.25) is 0 Å². The Morgan fingerprint density at radius 1 is 0.620 bits per heavy atom. The van der Waals surface area contributed by atoms with Crippen LogP contribution in [0, 0.1) is 20.3 Å². The van der Waals surface area contributed by atoms with Crippen molar-refractivity contribution in [2.24, 2.45) is 0 Å². The van der Waals surface area contributed by atoms with Crippen LogP contribution in [-0.4, -0.2) is 3.21 Å². The summed E-state index contributed by atoms with van der Waals surface area (Å²) in [6, 6.07) is 37.5. The molecule has 3 heteroatoms. The molecule has 0 aliphatic heterocycles. The Balaban J connectivity index is 0.000000208. The Labute approximate surface area is 328 Å². The molecule has 0 saturated carbocycles. The molecule has 3 aliphatic rings. The van der Waals surface area contributed by atoms with Gasteiger partial charge in [0, 0.05) is 0 Å². The molecule has 0 heterocycles. The maximum absolute atomic E-state index is 2.51. The van der Waals surface area contributed by atoms with Gasteiger partial charge >= 0.3 is 112 Å². The molecule has 0 fully saturated rings. The standard InChI is InChI=1S/C27H29.C15H14.C5H5.2ClH.Zr/c1-16-7-9-26(3,4)24-12-18-11-19-13-25-21(17(2)8-10-27(25,5)6)15-23(19)22(18)14-20(16)24;1-12-3-7-14(8-4-12)11-15-9-5-13(2)6-10-15;1-2-4-5-3-1;;;/h7-9,12-15H,10-11H2,1-6H3;3-10H,1-2H3;1-5H;2*1H;/q-1;;-1;;;+2/p-2. The van der Waals surface area contributed by atoms with Crippen LogP contribution in [-0.2, 0) is 41.5 Å². The third kappa shape index (κ3) is 8.34. The van der Waals surface area contributed by atoms with Gasteiger partial charge in [-0.3, -0.25) is 0 Å². The van der Waals surface area contributed by atoms with E-state index in [1.54, 1.807) is 0 Å². The molecule has 50 heavy (non-hydrogen) atoms. The molecule has 0 aromatic heterocycles. The van der Waals surface area contributed by atoms with Crippen LogP contribution in [0.4, 0.5) is 0 Å². The number of aryl methyl sites for hydroxylation is 2. The molecule has 3 aliphatic carbocycles. The van der Waals surface area contributed by atoms with Gasteiger partial charge < -0.3 is 24.8 Å². The summed E-state index contributed by atoms with van der Waals surface area (Å²) in [6.07, 6.45) is 9.28. The van der Waals surface area contributed by atoms with Crippen LogP contribution in [0.1, 0.15) is 104 Å². The van der Waals surface area contributed by atoms with E-state index in [-0.39, 0.29) is 35.6 Å².